The maximum Gasteiger partial charge on any atom is 0.411 e. The van der Waals surface area contributed by atoms with Crippen LogP contribution in [0.4, 0.5) is 13.2 Å². The molecule has 1 aromatic rings. The first-order valence-electron chi connectivity index (χ1n) is 6.63. The molecule has 0 radical (unpaired) electrons. The van der Waals surface area contributed by atoms with Gasteiger partial charge in [-0.3, -0.25) is 11.3 Å². The summed E-state index contributed by atoms with van der Waals surface area (Å²) in [5, 5.41) is 0. The van der Waals surface area contributed by atoms with Crippen molar-refractivity contribution >= 4 is 0 Å². The van der Waals surface area contributed by atoms with Gasteiger partial charge in [0.2, 0.25) is 0 Å². The molecule has 0 spiro atoms. The van der Waals surface area contributed by atoms with Crippen LogP contribution in [0.25, 0.3) is 0 Å². The summed E-state index contributed by atoms with van der Waals surface area (Å²) < 4.78 is 40.3. The highest BCUT2D eigenvalue weighted by atomic mass is 19.4. The van der Waals surface area contributed by atoms with E-state index in [4.69, 9.17) is 5.84 Å². The SMILES string of the molecule is CCc1ccc(CC(CCOCC(F)(F)F)NN)cc1. The van der Waals surface area contributed by atoms with Crippen molar-refractivity contribution in [2.75, 3.05) is 13.2 Å². The van der Waals surface area contributed by atoms with Gasteiger partial charge in [-0.1, -0.05) is 31.2 Å². The monoisotopic (exact) mass is 290 g/mol. The van der Waals surface area contributed by atoms with Crippen LogP contribution in [0, 0.1) is 0 Å². The van der Waals surface area contributed by atoms with Crippen molar-refractivity contribution in [2.45, 2.75) is 38.4 Å². The zero-order chi connectivity index (χ0) is 15.0. The molecule has 1 rings (SSSR count). The van der Waals surface area contributed by atoms with Crippen molar-refractivity contribution < 1.29 is 17.9 Å². The predicted octanol–water partition coefficient (Wildman–Crippen LogP) is 2.59. The summed E-state index contributed by atoms with van der Waals surface area (Å²) in [6.45, 7) is 0.897. The van der Waals surface area contributed by atoms with Crippen molar-refractivity contribution in [1.82, 2.24) is 5.43 Å². The number of ether oxygens (including phenoxy) is 1. The Labute approximate surface area is 117 Å². The van der Waals surface area contributed by atoms with Crippen LogP contribution in [-0.4, -0.2) is 25.4 Å². The number of hydrogen-bond acceptors (Lipinski definition) is 3. The number of hydrogen-bond donors (Lipinski definition) is 2. The largest absolute Gasteiger partial charge is 0.411 e. The molecule has 0 aliphatic carbocycles. The Morgan fingerprint density at radius 2 is 1.80 bits per heavy atom. The third-order valence-electron chi connectivity index (χ3n) is 3.03. The normalized spacial score (nSPS) is 13.4. The predicted molar refractivity (Wildman–Crippen MR) is 72.1 cm³/mol. The van der Waals surface area contributed by atoms with Crippen molar-refractivity contribution in [3.05, 3.63) is 35.4 Å². The second kappa shape index (κ2) is 8.24. The molecule has 1 aromatic carbocycles. The number of alkyl halides is 3. The summed E-state index contributed by atoms with van der Waals surface area (Å²) >= 11 is 0. The van der Waals surface area contributed by atoms with Crippen molar-refractivity contribution in [3.8, 4) is 0 Å². The summed E-state index contributed by atoms with van der Waals surface area (Å²) in [7, 11) is 0. The van der Waals surface area contributed by atoms with Gasteiger partial charge in [0.05, 0.1) is 0 Å². The van der Waals surface area contributed by atoms with E-state index in [9.17, 15) is 13.2 Å². The minimum atomic E-state index is -4.28. The van der Waals surface area contributed by atoms with Crippen LogP contribution < -0.4 is 11.3 Å². The number of aryl methyl sites for hydroxylation is 1. The van der Waals surface area contributed by atoms with Crippen LogP contribution in [0.2, 0.25) is 0 Å². The molecule has 0 saturated heterocycles. The van der Waals surface area contributed by atoms with Gasteiger partial charge in [-0.2, -0.15) is 13.2 Å². The standard InChI is InChI=1S/C14H21F3N2O/c1-2-11-3-5-12(6-4-11)9-13(19-18)7-8-20-10-14(15,16)17/h3-6,13,19H,2,7-10,18H2,1H3. The lowest BCUT2D eigenvalue weighted by Gasteiger charge is -2.16. The van der Waals surface area contributed by atoms with Gasteiger partial charge in [0.1, 0.15) is 6.61 Å². The van der Waals surface area contributed by atoms with Crippen LogP contribution >= 0.6 is 0 Å². The van der Waals surface area contributed by atoms with E-state index in [0.29, 0.717) is 12.8 Å². The van der Waals surface area contributed by atoms with E-state index in [2.05, 4.69) is 17.1 Å². The fourth-order valence-electron chi connectivity index (χ4n) is 1.85. The molecule has 0 heterocycles. The fraction of sp³-hybridized carbons (Fsp3) is 0.571. The first-order chi connectivity index (χ1) is 9.44. The topological polar surface area (TPSA) is 47.3 Å². The van der Waals surface area contributed by atoms with Crippen LogP contribution in [0.1, 0.15) is 24.5 Å². The highest BCUT2D eigenvalue weighted by molar-refractivity contribution is 5.23. The van der Waals surface area contributed by atoms with Gasteiger partial charge in [-0.15, -0.1) is 0 Å². The lowest BCUT2D eigenvalue weighted by molar-refractivity contribution is -0.174. The number of halogens is 3. The van der Waals surface area contributed by atoms with Crippen LogP contribution in [0.15, 0.2) is 24.3 Å². The molecule has 0 aliphatic heterocycles. The maximum absolute atomic E-state index is 11.9. The molecular formula is C14H21F3N2O. The molecule has 114 valence electrons. The minimum Gasteiger partial charge on any atom is -0.372 e. The van der Waals surface area contributed by atoms with E-state index in [0.717, 1.165) is 12.0 Å². The van der Waals surface area contributed by atoms with Crippen molar-refractivity contribution in [1.29, 1.82) is 0 Å². The van der Waals surface area contributed by atoms with Crippen molar-refractivity contribution in [2.24, 2.45) is 5.84 Å². The second-order valence-electron chi connectivity index (χ2n) is 4.69. The van der Waals surface area contributed by atoms with E-state index in [-0.39, 0.29) is 12.6 Å². The van der Waals surface area contributed by atoms with E-state index in [1.807, 2.05) is 24.3 Å². The summed E-state index contributed by atoms with van der Waals surface area (Å²) in [5.74, 6) is 5.42. The number of hydrazine groups is 1. The van der Waals surface area contributed by atoms with E-state index >= 15 is 0 Å². The molecule has 3 nitrogen and oxygen atoms in total. The third-order valence-corrected chi connectivity index (χ3v) is 3.03. The first kappa shape index (κ1) is 16.9. The van der Waals surface area contributed by atoms with Gasteiger partial charge in [-0.05, 0) is 30.4 Å². The van der Waals surface area contributed by atoms with Crippen LogP contribution in [0.3, 0.4) is 0 Å². The first-order valence-corrected chi connectivity index (χ1v) is 6.63. The van der Waals surface area contributed by atoms with E-state index < -0.39 is 12.8 Å². The van der Waals surface area contributed by atoms with Crippen molar-refractivity contribution in [3.63, 3.8) is 0 Å². The molecule has 20 heavy (non-hydrogen) atoms. The molecule has 0 aromatic heterocycles. The molecule has 0 saturated carbocycles. The van der Waals surface area contributed by atoms with E-state index in [1.165, 1.54) is 5.56 Å². The second-order valence-corrected chi connectivity index (χ2v) is 4.69. The quantitative estimate of drug-likeness (QED) is 0.439. The third kappa shape index (κ3) is 6.88. The minimum absolute atomic E-state index is 0.0292. The Balaban J connectivity index is 2.34. The maximum atomic E-state index is 11.9. The Hall–Kier alpha value is -1.11. The highest BCUT2D eigenvalue weighted by Gasteiger charge is 2.27. The molecule has 0 amide bonds. The fourth-order valence-corrected chi connectivity index (χ4v) is 1.85. The van der Waals surface area contributed by atoms with Gasteiger partial charge in [-0.25, -0.2) is 0 Å². The molecule has 0 aliphatic rings. The van der Waals surface area contributed by atoms with Gasteiger partial charge < -0.3 is 4.74 Å². The van der Waals surface area contributed by atoms with Gasteiger partial charge in [0, 0.05) is 12.6 Å². The number of rotatable bonds is 8. The summed E-state index contributed by atoms with van der Waals surface area (Å²) in [6, 6.07) is 8.02. The number of benzene rings is 1. The smallest absolute Gasteiger partial charge is 0.372 e. The zero-order valence-corrected chi connectivity index (χ0v) is 11.5. The summed E-state index contributed by atoms with van der Waals surface area (Å²) in [5.41, 5.74) is 4.96. The highest BCUT2D eigenvalue weighted by Crippen LogP contribution is 2.15. The number of nitrogens with one attached hydrogen (secondary N) is 1. The summed E-state index contributed by atoms with van der Waals surface area (Å²) in [6.07, 6.45) is -2.20. The Bertz CT molecular complexity index is 379. The molecule has 0 bridgehead atoms. The van der Waals surface area contributed by atoms with Gasteiger partial charge >= 0.3 is 6.18 Å². The molecule has 6 heteroatoms. The Morgan fingerprint density at radius 3 is 2.30 bits per heavy atom. The molecule has 1 unspecified atom stereocenters. The average molecular weight is 290 g/mol. The molecule has 1 atom stereocenters. The lowest BCUT2D eigenvalue weighted by Crippen LogP contribution is -2.37. The molecule has 0 fully saturated rings. The Kier molecular flexibility index (Phi) is 6.98. The van der Waals surface area contributed by atoms with Crippen LogP contribution in [0.5, 0.6) is 0 Å². The molecular weight excluding hydrogens is 269 g/mol. The van der Waals surface area contributed by atoms with Crippen LogP contribution in [-0.2, 0) is 17.6 Å². The number of nitrogens with two attached hydrogens (primary N) is 1. The van der Waals surface area contributed by atoms with E-state index in [1.54, 1.807) is 0 Å². The lowest BCUT2D eigenvalue weighted by atomic mass is 10.0. The summed E-state index contributed by atoms with van der Waals surface area (Å²) in [4.78, 5) is 0. The molecule has 3 N–H and O–H groups in total. The zero-order valence-electron chi connectivity index (χ0n) is 11.5. The average Bonchev–Trinajstić information content (AvgIpc) is 2.42. The Morgan fingerprint density at radius 1 is 1.20 bits per heavy atom. The van der Waals surface area contributed by atoms with Gasteiger partial charge in [0.25, 0.3) is 0 Å². The van der Waals surface area contributed by atoms with Gasteiger partial charge in [0.15, 0.2) is 0 Å².